The molecule has 0 saturated heterocycles. The third kappa shape index (κ3) is 8.13. The highest BCUT2D eigenvalue weighted by Crippen LogP contribution is 2.16. The van der Waals surface area contributed by atoms with Gasteiger partial charge < -0.3 is 4.74 Å². The summed E-state index contributed by atoms with van der Waals surface area (Å²) in [5, 5.41) is 0. The smallest absolute Gasteiger partial charge is 0.0719 e. The Morgan fingerprint density at radius 1 is 0.656 bits per heavy atom. The number of allylic oxidation sites excluding steroid dienone is 1. The van der Waals surface area contributed by atoms with Gasteiger partial charge in [0, 0.05) is 6.61 Å². The second-order valence-electron chi connectivity index (χ2n) is 8.65. The molecule has 0 aromatic heterocycles. The fourth-order valence-electron chi connectivity index (χ4n) is 4.09. The van der Waals surface area contributed by atoms with Crippen LogP contribution in [0.15, 0.2) is 85.5 Å². The molecule has 0 amide bonds. The molecular formula is C31H38O. The summed E-state index contributed by atoms with van der Waals surface area (Å²) < 4.78 is 5.76. The molecule has 32 heavy (non-hydrogen) atoms. The Kier molecular flexibility index (Phi) is 10.3. The summed E-state index contributed by atoms with van der Waals surface area (Å²) in [4.78, 5) is 0. The van der Waals surface area contributed by atoms with Crippen LogP contribution in [0.2, 0.25) is 0 Å². The Balaban J connectivity index is 1.40. The topological polar surface area (TPSA) is 9.23 Å². The van der Waals surface area contributed by atoms with Gasteiger partial charge in [-0.15, -0.1) is 6.58 Å². The van der Waals surface area contributed by atoms with Gasteiger partial charge in [-0.1, -0.05) is 85.8 Å². The standard InChI is InChI=1S/C31H38O/c1-3-9-26-14-16-27(17-15-26)10-5-6-11-28-18-20-29(21-19-28)22-23-30-12-7-8-13-31(30)25-32-24-4-2/h3,7-8,12-21H,1,4-6,9-11,22-25H2,2H3. The number of benzene rings is 3. The zero-order valence-corrected chi connectivity index (χ0v) is 19.7. The average molecular weight is 427 g/mol. The SMILES string of the molecule is C=CCc1ccc(CCCCc2ccc(CCc3ccccc3COCCC)cc2)cc1. The molecule has 0 heterocycles. The first-order valence-corrected chi connectivity index (χ1v) is 12.2. The van der Waals surface area contributed by atoms with Gasteiger partial charge >= 0.3 is 0 Å². The summed E-state index contributed by atoms with van der Waals surface area (Å²) in [6, 6.07) is 26.9. The maximum atomic E-state index is 5.76. The van der Waals surface area contributed by atoms with Gasteiger partial charge in [0.15, 0.2) is 0 Å². The third-order valence-corrected chi connectivity index (χ3v) is 6.01. The van der Waals surface area contributed by atoms with E-state index in [9.17, 15) is 0 Å². The summed E-state index contributed by atoms with van der Waals surface area (Å²) in [5.41, 5.74) is 8.38. The van der Waals surface area contributed by atoms with Gasteiger partial charge in [0.05, 0.1) is 6.61 Å². The summed E-state index contributed by atoms with van der Waals surface area (Å²) >= 11 is 0. The van der Waals surface area contributed by atoms with E-state index < -0.39 is 0 Å². The number of aryl methyl sites for hydroxylation is 4. The van der Waals surface area contributed by atoms with Crippen molar-refractivity contribution in [1.82, 2.24) is 0 Å². The first-order chi connectivity index (χ1) is 15.8. The van der Waals surface area contributed by atoms with Crippen LogP contribution in [0.5, 0.6) is 0 Å². The molecule has 168 valence electrons. The van der Waals surface area contributed by atoms with E-state index in [-0.39, 0.29) is 0 Å². The van der Waals surface area contributed by atoms with Gasteiger partial charge in [-0.3, -0.25) is 0 Å². The minimum Gasteiger partial charge on any atom is -0.377 e. The lowest BCUT2D eigenvalue weighted by Gasteiger charge is -2.10. The van der Waals surface area contributed by atoms with Crippen molar-refractivity contribution in [2.75, 3.05) is 6.61 Å². The van der Waals surface area contributed by atoms with Crippen LogP contribution in [-0.2, 0) is 43.4 Å². The van der Waals surface area contributed by atoms with Crippen LogP contribution < -0.4 is 0 Å². The molecule has 3 rings (SSSR count). The Labute approximate surface area is 195 Å². The molecule has 0 aliphatic heterocycles. The molecule has 1 heteroatoms. The summed E-state index contributed by atoms with van der Waals surface area (Å²) in [6.07, 6.45) is 10.9. The van der Waals surface area contributed by atoms with E-state index in [1.165, 1.54) is 46.2 Å². The van der Waals surface area contributed by atoms with Crippen molar-refractivity contribution in [3.05, 3.63) is 119 Å². The maximum absolute atomic E-state index is 5.76. The number of unbranched alkanes of at least 4 members (excludes halogenated alkanes) is 1. The Morgan fingerprint density at radius 3 is 1.75 bits per heavy atom. The lowest BCUT2D eigenvalue weighted by atomic mass is 9.98. The van der Waals surface area contributed by atoms with Crippen molar-refractivity contribution in [3.63, 3.8) is 0 Å². The first-order valence-electron chi connectivity index (χ1n) is 12.2. The van der Waals surface area contributed by atoms with Crippen molar-refractivity contribution in [2.45, 2.75) is 64.9 Å². The molecule has 0 aliphatic carbocycles. The van der Waals surface area contributed by atoms with Crippen LogP contribution in [0.3, 0.4) is 0 Å². The van der Waals surface area contributed by atoms with E-state index in [0.717, 1.165) is 51.7 Å². The molecule has 0 fully saturated rings. The van der Waals surface area contributed by atoms with Gasteiger partial charge in [0.2, 0.25) is 0 Å². The Hall–Kier alpha value is -2.64. The van der Waals surface area contributed by atoms with E-state index in [0.29, 0.717) is 0 Å². The second-order valence-corrected chi connectivity index (χ2v) is 8.65. The fourth-order valence-corrected chi connectivity index (χ4v) is 4.09. The van der Waals surface area contributed by atoms with Gasteiger partial charge in [-0.2, -0.15) is 0 Å². The van der Waals surface area contributed by atoms with E-state index in [1.54, 1.807) is 0 Å². The van der Waals surface area contributed by atoms with E-state index in [4.69, 9.17) is 4.74 Å². The minimum atomic E-state index is 0.724. The largest absolute Gasteiger partial charge is 0.377 e. The Bertz CT molecular complexity index is 921. The van der Waals surface area contributed by atoms with Gasteiger partial charge in [0.1, 0.15) is 0 Å². The van der Waals surface area contributed by atoms with Gasteiger partial charge in [-0.25, -0.2) is 0 Å². The molecule has 3 aromatic carbocycles. The molecule has 0 bridgehead atoms. The van der Waals surface area contributed by atoms with Crippen molar-refractivity contribution in [2.24, 2.45) is 0 Å². The lowest BCUT2D eigenvalue weighted by molar-refractivity contribution is 0.121. The predicted octanol–water partition coefficient (Wildman–Crippen LogP) is 7.69. The van der Waals surface area contributed by atoms with Crippen molar-refractivity contribution >= 4 is 0 Å². The lowest BCUT2D eigenvalue weighted by Crippen LogP contribution is -2.00. The van der Waals surface area contributed by atoms with Crippen LogP contribution in [0, 0.1) is 0 Å². The number of hydrogen-bond donors (Lipinski definition) is 0. The van der Waals surface area contributed by atoms with E-state index >= 15 is 0 Å². The summed E-state index contributed by atoms with van der Waals surface area (Å²) in [7, 11) is 0. The van der Waals surface area contributed by atoms with Crippen LogP contribution in [0.4, 0.5) is 0 Å². The van der Waals surface area contributed by atoms with E-state index in [1.807, 2.05) is 6.08 Å². The molecule has 0 atom stereocenters. The maximum Gasteiger partial charge on any atom is 0.0719 e. The van der Waals surface area contributed by atoms with Crippen molar-refractivity contribution in [1.29, 1.82) is 0 Å². The molecule has 3 aromatic rings. The molecule has 0 aliphatic rings. The van der Waals surface area contributed by atoms with Gasteiger partial charge in [-0.05, 0) is 84.7 Å². The van der Waals surface area contributed by atoms with E-state index in [2.05, 4.69) is 86.3 Å². The Morgan fingerprint density at radius 2 is 1.19 bits per heavy atom. The third-order valence-electron chi connectivity index (χ3n) is 6.01. The molecular weight excluding hydrogens is 388 g/mol. The summed E-state index contributed by atoms with van der Waals surface area (Å²) in [6.45, 7) is 7.52. The minimum absolute atomic E-state index is 0.724. The highest BCUT2D eigenvalue weighted by molar-refractivity contribution is 5.29. The van der Waals surface area contributed by atoms with Crippen LogP contribution in [0.1, 0.15) is 59.6 Å². The van der Waals surface area contributed by atoms with Crippen LogP contribution in [0.25, 0.3) is 0 Å². The average Bonchev–Trinajstić information content (AvgIpc) is 2.83. The van der Waals surface area contributed by atoms with Crippen molar-refractivity contribution < 1.29 is 4.74 Å². The zero-order valence-electron chi connectivity index (χ0n) is 19.7. The summed E-state index contributed by atoms with van der Waals surface area (Å²) in [5.74, 6) is 0. The first kappa shape index (κ1) is 24.0. The van der Waals surface area contributed by atoms with Crippen LogP contribution in [-0.4, -0.2) is 6.61 Å². The van der Waals surface area contributed by atoms with Crippen LogP contribution >= 0.6 is 0 Å². The molecule has 0 N–H and O–H groups in total. The van der Waals surface area contributed by atoms with Gasteiger partial charge in [0.25, 0.3) is 0 Å². The molecule has 0 radical (unpaired) electrons. The number of ether oxygens (including phenoxy) is 1. The quantitative estimate of drug-likeness (QED) is 0.190. The normalized spacial score (nSPS) is 10.9. The highest BCUT2D eigenvalue weighted by atomic mass is 16.5. The monoisotopic (exact) mass is 426 g/mol. The fraction of sp³-hybridized carbons (Fsp3) is 0.355. The zero-order chi connectivity index (χ0) is 22.4. The molecule has 0 unspecified atom stereocenters. The predicted molar refractivity (Wildman–Crippen MR) is 137 cm³/mol. The molecule has 0 saturated carbocycles. The molecule has 1 nitrogen and oxygen atoms in total. The highest BCUT2D eigenvalue weighted by Gasteiger charge is 2.04. The molecule has 0 spiro atoms. The van der Waals surface area contributed by atoms with Crippen molar-refractivity contribution in [3.8, 4) is 0 Å². The number of rotatable bonds is 14. The second kappa shape index (κ2) is 13.7. The number of hydrogen-bond acceptors (Lipinski definition) is 1.